The van der Waals surface area contributed by atoms with Gasteiger partial charge in [-0.15, -0.1) is 0 Å². The summed E-state index contributed by atoms with van der Waals surface area (Å²) in [6.07, 6.45) is 2.21. The Balaban J connectivity index is 2.90. The van der Waals surface area contributed by atoms with Gasteiger partial charge in [-0.1, -0.05) is 12.1 Å². The number of hydrogen-bond donors (Lipinski definition) is 2. The maximum atomic E-state index is 12.1. The zero-order valence-corrected chi connectivity index (χ0v) is 12.7. The third-order valence-electron chi connectivity index (χ3n) is 2.96. The van der Waals surface area contributed by atoms with Crippen LogP contribution in [0.2, 0.25) is 0 Å². The van der Waals surface area contributed by atoms with Gasteiger partial charge < -0.3 is 10.4 Å². The predicted molar refractivity (Wildman–Crippen MR) is 78.8 cm³/mol. The lowest BCUT2D eigenvalue weighted by Crippen LogP contribution is -2.28. The van der Waals surface area contributed by atoms with Crippen LogP contribution in [0.15, 0.2) is 12.1 Å². The molecule has 0 spiro atoms. The van der Waals surface area contributed by atoms with Gasteiger partial charge in [0.1, 0.15) is 0 Å². The summed E-state index contributed by atoms with van der Waals surface area (Å²) >= 11 is 0. The molecule has 0 radical (unpaired) electrons. The molecule has 1 unspecified atom stereocenters. The molecule has 0 saturated heterocycles. The van der Waals surface area contributed by atoms with Crippen LogP contribution in [0.1, 0.15) is 38.3 Å². The number of hydrogen-bond acceptors (Lipinski definition) is 3. The Morgan fingerprint density at radius 1 is 1.20 bits per heavy atom. The number of aryl methyl sites for hydroxylation is 2. The number of amides is 1. The van der Waals surface area contributed by atoms with Crippen LogP contribution in [-0.2, 0) is 10.8 Å². The predicted octanol–water partition coefficient (Wildman–Crippen LogP) is 1.50. The van der Waals surface area contributed by atoms with Crippen LogP contribution in [0.25, 0.3) is 0 Å². The average molecular weight is 297 g/mol. The van der Waals surface area contributed by atoms with E-state index in [-0.39, 0.29) is 11.1 Å². The van der Waals surface area contributed by atoms with Crippen LogP contribution < -0.4 is 5.32 Å². The van der Waals surface area contributed by atoms with E-state index >= 15 is 0 Å². The van der Waals surface area contributed by atoms with Crippen molar-refractivity contribution in [3.8, 4) is 0 Å². The van der Waals surface area contributed by atoms with Gasteiger partial charge in [0, 0.05) is 29.4 Å². The van der Waals surface area contributed by atoms with Crippen molar-refractivity contribution >= 4 is 22.7 Å². The minimum atomic E-state index is -1.11. The fourth-order valence-electron chi connectivity index (χ4n) is 1.94. The molecule has 20 heavy (non-hydrogen) atoms. The lowest BCUT2D eigenvalue weighted by atomic mass is 9.96. The van der Waals surface area contributed by atoms with E-state index in [0.717, 1.165) is 0 Å². The van der Waals surface area contributed by atoms with Crippen LogP contribution in [0.5, 0.6) is 0 Å². The van der Waals surface area contributed by atoms with Crippen molar-refractivity contribution in [1.29, 1.82) is 0 Å². The second-order valence-corrected chi connectivity index (χ2v) is 6.20. The van der Waals surface area contributed by atoms with Crippen LogP contribution >= 0.6 is 0 Å². The van der Waals surface area contributed by atoms with Gasteiger partial charge in [-0.25, -0.2) is 4.79 Å². The molecule has 0 aliphatic rings. The molecule has 0 aliphatic heterocycles. The molecule has 1 atom stereocenters. The number of carbonyl (C=O) groups is 2. The van der Waals surface area contributed by atoms with Crippen molar-refractivity contribution in [3.05, 3.63) is 34.4 Å². The summed E-state index contributed by atoms with van der Waals surface area (Å²) in [5.41, 5.74) is 1.43. The fourth-order valence-corrected chi connectivity index (χ4v) is 2.50. The molecule has 5 nitrogen and oxygen atoms in total. The summed E-state index contributed by atoms with van der Waals surface area (Å²) in [5, 5.41) is 11.9. The highest BCUT2D eigenvalue weighted by Crippen LogP contribution is 2.18. The highest BCUT2D eigenvalue weighted by Gasteiger charge is 2.20. The Morgan fingerprint density at radius 3 is 2.25 bits per heavy atom. The molecule has 2 N–H and O–H groups in total. The first-order chi connectivity index (χ1) is 9.34. The first kappa shape index (κ1) is 16.4. The number of carboxylic acids is 1. The van der Waals surface area contributed by atoms with Gasteiger partial charge in [0.2, 0.25) is 0 Å². The molecule has 1 rings (SSSR count). The van der Waals surface area contributed by atoms with E-state index < -0.39 is 22.7 Å². The minimum absolute atomic E-state index is 0.0431. The van der Waals surface area contributed by atoms with Crippen LogP contribution in [0, 0.1) is 13.8 Å². The smallest absolute Gasteiger partial charge is 0.336 e. The number of nitrogens with one attached hydrogen (secondary N) is 1. The number of carbonyl (C=O) groups excluding carboxylic acids is 1. The molecule has 6 heteroatoms. The highest BCUT2D eigenvalue weighted by atomic mass is 32.2. The number of carboxylic acid groups (broad SMARTS) is 1. The molecule has 0 aromatic heterocycles. The zero-order chi connectivity index (χ0) is 15.3. The average Bonchev–Trinajstić information content (AvgIpc) is 2.36. The van der Waals surface area contributed by atoms with Gasteiger partial charge in [-0.05, 0) is 31.4 Å². The number of benzene rings is 1. The third-order valence-corrected chi connectivity index (χ3v) is 3.82. The molecule has 1 amide bonds. The second kappa shape index (κ2) is 7.19. The van der Waals surface area contributed by atoms with Crippen molar-refractivity contribution in [2.75, 3.05) is 18.6 Å². The second-order valence-electron chi connectivity index (χ2n) is 4.64. The monoisotopic (exact) mass is 297 g/mol. The van der Waals surface area contributed by atoms with Crippen LogP contribution in [-0.4, -0.2) is 39.7 Å². The third kappa shape index (κ3) is 4.16. The number of rotatable bonds is 6. The molecule has 110 valence electrons. The molecule has 0 aliphatic carbocycles. The lowest BCUT2D eigenvalue weighted by molar-refractivity contribution is 0.0690. The van der Waals surface area contributed by atoms with E-state index in [1.807, 2.05) is 0 Å². The van der Waals surface area contributed by atoms with Crippen molar-refractivity contribution in [2.45, 2.75) is 20.3 Å². The maximum Gasteiger partial charge on any atom is 0.336 e. The van der Waals surface area contributed by atoms with Gasteiger partial charge in [0.15, 0.2) is 0 Å². The zero-order valence-electron chi connectivity index (χ0n) is 11.9. The molecule has 0 bridgehead atoms. The Kier molecular flexibility index (Phi) is 5.88. The van der Waals surface area contributed by atoms with E-state index in [1.165, 1.54) is 0 Å². The van der Waals surface area contributed by atoms with Crippen LogP contribution in [0.3, 0.4) is 0 Å². The molecule has 0 fully saturated rings. The van der Waals surface area contributed by atoms with Gasteiger partial charge in [-0.2, -0.15) is 0 Å². The summed E-state index contributed by atoms with van der Waals surface area (Å²) in [5.74, 6) is -0.990. The first-order valence-corrected chi connectivity index (χ1v) is 7.99. The molecular formula is C14H19NO4S. The SMILES string of the molecule is Cc1ccc(C)c(C(=O)NCCCS(C)=O)c1C(=O)O. The molecule has 0 saturated carbocycles. The maximum absolute atomic E-state index is 12.1. The van der Waals surface area contributed by atoms with E-state index in [4.69, 9.17) is 0 Å². The van der Waals surface area contributed by atoms with Crippen LogP contribution in [0.4, 0.5) is 0 Å². The quantitative estimate of drug-likeness (QED) is 0.779. The Hall–Kier alpha value is -1.69. The summed E-state index contributed by atoms with van der Waals surface area (Å²) < 4.78 is 10.9. The van der Waals surface area contributed by atoms with Gasteiger partial charge in [0.25, 0.3) is 5.91 Å². The summed E-state index contributed by atoms with van der Waals surface area (Å²) in [6, 6.07) is 3.42. The van der Waals surface area contributed by atoms with Gasteiger partial charge in [0.05, 0.1) is 11.1 Å². The van der Waals surface area contributed by atoms with Crippen molar-refractivity contribution in [3.63, 3.8) is 0 Å². The van der Waals surface area contributed by atoms with Crippen molar-refractivity contribution < 1.29 is 18.9 Å². The first-order valence-electron chi connectivity index (χ1n) is 6.26. The topological polar surface area (TPSA) is 83.5 Å². The number of aromatic carboxylic acids is 1. The van der Waals surface area contributed by atoms with Crippen molar-refractivity contribution in [2.24, 2.45) is 0 Å². The molecule has 1 aromatic carbocycles. The normalized spacial score (nSPS) is 11.9. The summed E-state index contributed by atoms with van der Waals surface area (Å²) in [7, 11) is -0.890. The van der Waals surface area contributed by atoms with Gasteiger partial charge in [-0.3, -0.25) is 9.00 Å². The fraction of sp³-hybridized carbons (Fsp3) is 0.429. The molecular weight excluding hydrogens is 278 g/mol. The summed E-state index contributed by atoms with van der Waals surface area (Å²) in [4.78, 5) is 23.4. The lowest BCUT2D eigenvalue weighted by Gasteiger charge is -2.12. The largest absolute Gasteiger partial charge is 0.478 e. The van der Waals surface area contributed by atoms with E-state index in [1.54, 1.807) is 32.2 Å². The standard InChI is InChI=1S/C14H19NO4S/c1-9-5-6-10(2)12(14(17)18)11(9)13(16)15-7-4-8-20(3)19/h5-6H,4,7-8H2,1-3H3,(H,15,16)(H,17,18). The Labute approximate surface area is 120 Å². The molecule has 1 aromatic rings. The Morgan fingerprint density at radius 2 is 1.75 bits per heavy atom. The van der Waals surface area contributed by atoms with E-state index in [9.17, 15) is 18.9 Å². The Bertz CT molecular complexity index is 554. The van der Waals surface area contributed by atoms with Crippen molar-refractivity contribution in [1.82, 2.24) is 5.32 Å². The highest BCUT2D eigenvalue weighted by molar-refractivity contribution is 7.84. The molecule has 0 heterocycles. The summed E-state index contributed by atoms with van der Waals surface area (Å²) in [6.45, 7) is 3.76. The minimum Gasteiger partial charge on any atom is -0.478 e. The van der Waals surface area contributed by atoms with Gasteiger partial charge >= 0.3 is 5.97 Å². The van der Waals surface area contributed by atoms with E-state index in [2.05, 4.69) is 5.32 Å². The van der Waals surface area contributed by atoms with E-state index in [0.29, 0.717) is 29.8 Å².